The Hall–Kier alpha value is -1.49. The van der Waals surface area contributed by atoms with Crippen molar-refractivity contribution in [1.29, 1.82) is 0 Å². The van der Waals surface area contributed by atoms with Crippen molar-refractivity contribution in [1.82, 2.24) is 4.90 Å². The maximum Gasteiger partial charge on any atom is 0.225 e. The fraction of sp³-hybridized carbons (Fsp3) is 0.704. The van der Waals surface area contributed by atoms with Crippen molar-refractivity contribution in [3.05, 3.63) is 29.8 Å². The number of amidine groups is 1. The molecule has 0 N–H and O–H groups in total. The number of rotatable bonds is 5. The summed E-state index contributed by atoms with van der Waals surface area (Å²) in [6, 6.07) is 9.20. The summed E-state index contributed by atoms with van der Waals surface area (Å²) in [4.78, 5) is 23.1. The Morgan fingerprint density at radius 3 is 2.16 bits per heavy atom. The van der Waals surface area contributed by atoms with Crippen molar-refractivity contribution in [2.75, 3.05) is 10.7 Å². The van der Waals surface area contributed by atoms with E-state index in [1.54, 1.807) is 6.92 Å². The summed E-state index contributed by atoms with van der Waals surface area (Å²) in [5.41, 5.74) is 2.54. The van der Waals surface area contributed by atoms with E-state index in [0.29, 0.717) is 12.0 Å². The van der Waals surface area contributed by atoms with Gasteiger partial charge in [-0.05, 0) is 92.7 Å². The first kappa shape index (κ1) is 21.1. The van der Waals surface area contributed by atoms with Crippen LogP contribution < -0.4 is 4.90 Å². The molecule has 0 radical (unpaired) electrons. The zero-order valence-electron chi connectivity index (χ0n) is 19.8. The topological polar surface area (TPSA) is 35.9 Å². The number of carbonyl (C=O) groups excluding carboxylic acids is 1. The maximum atomic E-state index is 12.9. The largest absolute Gasteiger partial charge is 0.327 e. The summed E-state index contributed by atoms with van der Waals surface area (Å²) in [6.07, 6.45) is 10.8. The Morgan fingerprint density at radius 2 is 1.66 bits per heavy atom. The van der Waals surface area contributed by atoms with Gasteiger partial charge in [0, 0.05) is 24.4 Å². The number of thioether (sulfide) groups is 1. The van der Waals surface area contributed by atoms with E-state index in [4.69, 9.17) is 4.99 Å². The highest BCUT2D eigenvalue weighted by Crippen LogP contribution is 2.58. The average Bonchev–Trinajstić information content (AvgIpc) is 3.49. The minimum absolute atomic E-state index is 0.0857. The molecule has 1 saturated heterocycles. The van der Waals surface area contributed by atoms with Gasteiger partial charge in [0.05, 0.1) is 5.54 Å². The first-order chi connectivity index (χ1) is 15.4. The number of hydrogen-bond acceptors (Lipinski definition) is 3. The van der Waals surface area contributed by atoms with E-state index < -0.39 is 0 Å². The number of carbonyl (C=O) groups is 1. The molecule has 6 aliphatic rings. The molecule has 1 aliphatic heterocycles. The van der Waals surface area contributed by atoms with E-state index in [9.17, 15) is 4.79 Å². The van der Waals surface area contributed by atoms with Gasteiger partial charge in [-0.3, -0.25) is 14.7 Å². The summed E-state index contributed by atoms with van der Waals surface area (Å²) in [6.45, 7) is 6.15. The average molecular weight is 452 g/mol. The smallest absolute Gasteiger partial charge is 0.225 e. The fourth-order valence-corrected chi connectivity index (χ4v) is 8.75. The van der Waals surface area contributed by atoms with E-state index in [2.05, 4.69) is 43.0 Å². The van der Waals surface area contributed by atoms with Crippen LogP contribution in [0.5, 0.6) is 0 Å². The standard InChI is InChI=1S/C27H37N3OS/c1-17(2)22-4-6-23(7-5-22)29(18(3)31)25-16-32-26(30(25)24-8-9-24)28-27-13-19-10-20(14-27)12-21(11-19)15-27/h4-7,17,19-21,24-25H,8-16H2,1-3H3. The number of amides is 1. The highest BCUT2D eigenvalue weighted by Gasteiger charge is 2.53. The molecule has 4 bridgehead atoms. The quantitative estimate of drug-likeness (QED) is 0.549. The molecule has 172 valence electrons. The van der Waals surface area contributed by atoms with Gasteiger partial charge >= 0.3 is 0 Å². The van der Waals surface area contributed by atoms with Crippen LogP contribution in [0.3, 0.4) is 0 Å². The van der Waals surface area contributed by atoms with E-state index in [0.717, 1.165) is 29.2 Å². The second kappa shape index (κ2) is 7.78. The number of benzene rings is 1. The van der Waals surface area contributed by atoms with Gasteiger partial charge in [-0.15, -0.1) is 0 Å². The normalized spacial score (nSPS) is 37.0. The summed E-state index contributed by atoms with van der Waals surface area (Å²) < 4.78 is 0. The molecule has 1 aromatic carbocycles. The lowest BCUT2D eigenvalue weighted by molar-refractivity contribution is -0.117. The molecular weight excluding hydrogens is 414 g/mol. The molecule has 7 rings (SSSR count). The number of nitrogens with zero attached hydrogens (tertiary/aromatic N) is 3. The third kappa shape index (κ3) is 3.69. The summed E-state index contributed by atoms with van der Waals surface area (Å²) >= 11 is 1.91. The van der Waals surface area contributed by atoms with Crippen LogP contribution in [0.15, 0.2) is 29.3 Å². The fourth-order valence-electron chi connectivity index (χ4n) is 7.46. The molecule has 5 heteroatoms. The molecule has 4 nitrogen and oxygen atoms in total. The lowest BCUT2D eigenvalue weighted by atomic mass is 9.53. The van der Waals surface area contributed by atoms with Gasteiger partial charge in [0.1, 0.15) is 6.17 Å². The van der Waals surface area contributed by atoms with Gasteiger partial charge in [-0.1, -0.05) is 37.7 Å². The molecule has 1 heterocycles. The Balaban J connectivity index is 1.30. The van der Waals surface area contributed by atoms with Gasteiger partial charge < -0.3 is 4.90 Å². The van der Waals surface area contributed by atoms with E-state index in [-0.39, 0.29) is 17.6 Å². The molecule has 1 unspecified atom stereocenters. The zero-order chi connectivity index (χ0) is 22.0. The molecule has 6 fully saturated rings. The second-order valence-corrected chi connectivity index (χ2v) is 12.6. The molecule has 32 heavy (non-hydrogen) atoms. The van der Waals surface area contributed by atoms with Crippen LogP contribution in [0, 0.1) is 17.8 Å². The van der Waals surface area contributed by atoms with Crippen LogP contribution in [-0.2, 0) is 4.79 Å². The van der Waals surface area contributed by atoms with E-state index >= 15 is 0 Å². The van der Waals surface area contributed by atoms with E-state index in [1.165, 1.54) is 62.1 Å². The van der Waals surface area contributed by atoms with Crippen LogP contribution in [0.1, 0.15) is 83.6 Å². The predicted molar refractivity (Wildman–Crippen MR) is 133 cm³/mol. The zero-order valence-corrected chi connectivity index (χ0v) is 20.6. The lowest BCUT2D eigenvalue weighted by Crippen LogP contribution is -2.53. The summed E-state index contributed by atoms with van der Waals surface area (Å²) in [5.74, 6) is 4.29. The van der Waals surface area contributed by atoms with Crippen LogP contribution in [0.2, 0.25) is 0 Å². The highest BCUT2D eigenvalue weighted by molar-refractivity contribution is 8.14. The van der Waals surface area contributed by atoms with Crippen LogP contribution in [0.4, 0.5) is 5.69 Å². The number of aliphatic imine (C=N–C) groups is 1. The van der Waals surface area contributed by atoms with E-state index in [1.807, 2.05) is 16.7 Å². The SMILES string of the molecule is CC(=O)N(c1ccc(C(C)C)cc1)C1CSC(=NC23CC4CC(CC(C4)C2)C3)N1C1CC1. The predicted octanol–water partition coefficient (Wildman–Crippen LogP) is 6.03. The van der Waals surface area contributed by atoms with Gasteiger partial charge in [0.15, 0.2) is 5.17 Å². The maximum absolute atomic E-state index is 12.9. The van der Waals surface area contributed by atoms with Gasteiger partial charge in [-0.2, -0.15) is 0 Å². The van der Waals surface area contributed by atoms with Crippen molar-refractivity contribution in [3.8, 4) is 0 Å². The Labute approximate surface area is 197 Å². The second-order valence-electron chi connectivity index (χ2n) is 11.6. The highest BCUT2D eigenvalue weighted by atomic mass is 32.2. The molecular formula is C27H37N3OS. The Morgan fingerprint density at radius 1 is 1.06 bits per heavy atom. The summed E-state index contributed by atoms with van der Waals surface area (Å²) in [5, 5.41) is 1.24. The molecule has 1 aromatic rings. The number of anilines is 1. The van der Waals surface area contributed by atoms with Crippen molar-refractivity contribution in [2.45, 2.75) is 95.8 Å². The van der Waals surface area contributed by atoms with Crippen molar-refractivity contribution < 1.29 is 4.79 Å². The monoisotopic (exact) mass is 451 g/mol. The van der Waals surface area contributed by atoms with Crippen LogP contribution >= 0.6 is 11.8 Å². The molecule has 1 amide bonds. The Bertz CT molecular complexity index is 884. The molecule has 5 saturated carbocycles. The van der Waals surface area contributed by atoms with Gasteiger partial charge in [0.25, 0.3) is 0 Å². The van der Waals surface area contributed by atoms with Crippen molar-refractivity contribution in [2.24, 2.45) is 22.7 Å². The third-order valence-corrected chi connectivity index (χ3v) is 9.68. The molecule has 0 aromatic heterocycles. The first-order valence-corrected chi connectivity index (χ1v) is 13.8. The van der Waals surface area contributed by atoms with Gasteiger partial charge in [0.2, 0.25) is 5.91 Å². The Kier molecular flexibility index (Phi) is 5.13. The summed E-state index contributed by atoms with van der Waals surface area (Å²) in [7, 11) is 0. The van der Waals surface area contributed by atoms with Crippen molar-refractivity contribution >= 4 is 28.5 Å². The molecule has 1 atom stereocenters. The lowest BCUT2D eigenvalue weighted by Gasteiger charge is -2.55. The third-order valence-electron chi connectivity index (χ3n) is 8.66. The minimum Gasteiger partial charge on any atom is -0.327 e. The van der Waals surface area contributed by atoms with Crippen LogP contribution in [0.25, 0.3) is 0 Å². The van der Waals surface area contributed by atoms with Gasteiger partial charge in [-0.25, -0.2) is 0 Å². The molecule has 0 spiro atoms. The van der Waals surface area contributed by atoms with Crippen molar-refractivity contribution in [3.63, 3.8) is 0 Å². The first-order valence-electron chi connectivity index (χ1n) is 12.8. The molecule has 5 aliphatic carbocycles. The minimum atomic E-state index is 0.0857. The number of hydrogen-bond donors (Lipinski definition) is 0. The van der Waals surface area contributed by atoms with Crippen LogP contribution in [-0.4, -0.2) is 39.5 Å².